The first-order valence-electron chi connectivity index (χ1n) is 7.63. The van der Waals surface area contributed by atoms with Crippen LogP contribution in [0.4, 0.5) is 5.69 Å². The molecule has 0 aliphatic carbocycles. The molecule has 1 amide bonds. The Labute approximate surface area is 134 Å². The summed E-state index contributed by atoms with van der Waals surface area (Å²) in [6, 6.07) is 22.2. The third-order valence-electron chi connectivity index (χ3n) is 4.05. The summed E-state index contributed by atoms with van der Waals surface area (Å²) < 4.78 is 0. The minimum atomic E-state index is -0.00557. The van der Waals surface area contributed by atoms with E-state index in [0.29, 0.717) is 6.42 Å². The van der Waals surface area contributed by atoms with Crippen molar-refractivity contribution in [3.05, 3.63) is 78.5 Å². The average molecular weight is 300 g/mol. The second-order valence-corrected chi connectivity index (χ2v) is 5.65. The lowest BCUT2D eigenvalue weighted by Gasteiger charge is -2.07. The van der Waals surface area contributed by atoms with Gasteiger partial charge < -0.3 is 10.3 Å². The van der Waals surface area contributed by atoms with Gasteiger partial charge in [0.05, 0.1) is 12.1 Å². The third kappa shape index (κ3) is 2.69. The molecular formula is C20H16N2O. The zero-order valence-corrected chi connectivity index (χ0v) is 12.5. The van der Waals surface area contributed by atoms with Crippen molar-refractivity contribution in [2.75, 3.05) is 5.32 Å². The van der Waals surface area contributed by atoms with Crippen LogP contribution >= 0.6 is 0 Å². The number of anilines is 1. The summed E-state index contributed by atoms with van der Waals surface area (Å²) in [5.41, 5.74) is 2.88. The normalized spacial score (nSPS) is 11.0. The van der Waals surface area contributed by atoms with Crippen LogP contribution < -0.4 is 5.32 Å². The first-order chi connectivity index (χ1) is 11.3. The van der Waals surface area contributed by atoms with E-state index in [2.05, 4.69) is 34.6 Å². The summed E-state index contributed by atoms with van der Waals surface area (Å²) in [6.07, 6.45) is 2.25. The van der Waals surface area contributed by atoms with Crippen LogP contribution in [0.3, 0.4) is 0 Å². The summed E-state index contributed by atoms with van der Waals surface area (Å²) in [7, 11) is 0. The summed E-state index contributed by atoms with van der Waals surface area (Å²) in [4.78, 5) is 15.5. The summed E-state index contributed by atoms with van der Waals surface area (Å²) in [5, 5.41) is 6.38. The second-order valence-electron chi connectivity index (χ2n) is 5.65. The van der Waals surface area contributed by atoms with E-state index in [1.807, 2.05) is 48.7 Å². The molecule has 0 radical (unpaired) electrons. The predicted octanol–water partition coefficient (Wildman–Crippen LogP) is 4.50. The van der Waals surface area contributed by atoms with Gasteiger partial charge in [0.2, 0.25) is 5.91 Å². The number of carbonyl (C=O) groups excluding carboxylic acids is 1. The lowest BCUT2D eigenvalue weighted by atomic mass is 10.0. The molecule has 0 aliphatic heterocycles. The summed E-state index contributed by atoms with van der Waals surface area (Å²) in [6.45, 7) is 0. The quantitative estimate of drug-likeness (QED) is 0.575. The van der Waals surface area contributed by atoms with E-state index in [4.69, 9.17) is 0 Å². The zero-order valence-electron chi connectivity index (χ0n) is 12.5. The number of carbonyl (C=O) groups is 1. The molecule has 1 aromatic heterocycles. The number of aromatic amines is 1. The summed E-state index contributed by atoms with van der Waals surface area (Å²) in [5.74, 6) is -0.00557. The predicted molar refractivity (Wildman–Crippen MR) is 94.6 cm³/mol. The highest BCUT2D eigenvalue weighted by Gasteiger charge is 2.08. The molecule has 23 heavy (non-hydrogen) atoms. The number of rotatable bonds is 3. The van der Waals surface area contributed by atoms with E-state index < -0.39 is 0 Å². The van der Waals surface area contributed by atoms with Crippen LogP contribution in [-0.4, -0.2) is 10.9 Å². The molecule has 3 heteroatoms. The van der Waals surface area contributed by atoms with Crippen molar-refractivity contribution >= 4 is 33.3 Å². The smallest absolute Gasteiger partial charge is 0.228 e. The molecular weight excluding hydrogens is 284 g/mol. The van der Waals surface area contributed by atoms with Crippen LogP contribution in [0, 0.1) is 0 Å². The van der Waals surface area contributed by atoms with Gasteiger partial charge in [0.25, 0.3) is 0 Å². The van der Waals surface area contributed by atoms with Crippen LogP contribution in [0.15, 0.2) is 72.9 Å². The Kier molecular flexibility index (Phi) is 3.31. The van der Waals surface area contributed by atoms with Crippen molar-refractivity contribution in [3.63, 3.8) is 0 Å². The Morgan fingerprint density at radius 3 is 2.70 bits per heavy atom. The van der Waals surface area contributed by atoms with Gasteiger partial charge in [-0.2, -0.15) is 0 Å². The van der Waals surface area contributed by atoms with Crippen molar-refractivity contribution in [1.29, 1.82) is 0 Å². The van der Waals surface area contributed by atoms with Gasteiger partial charge in [-0.3, -0.25) is 4.79 Å². The monoisotopic (exact) mass is 300 g/mol. The first kappa shape index (κ1) is 13.6. The van der Waals surface area contributed by atoms with Gasteiger partial charge in [0, 0.05) is 17.1 Å². The second kappa shape index (κ2) is 5.61. The highest BCUT2D eigenvalue weighted by atomic mass is 16.1. The standard InChI is InChI=1S/C20H16N2O/c23-20(22-19-7-3-6-18-17(19)10-11-21-18)13-14-8-9-15-4-1-2-5-16(15)12-14/h1-12,21H,13H2,(H,22,23). The molecule has 4 aromatic rings. The molecule has 3 nitrogen and oxygen atoms in total. The Bertz CT molecular complexity index is 1000. The Morgan fingerprint density at radius 2 is 1.78 bits per heavy atom. The number of aromatic nitrogens is 1. The van der Waals surface area contributed by atoms with Gasteiger partial charge in [-0.05, 0) is 34.5 Å². The van der Waals surface area contributed by atoms with Crippen molar-refractivity contribution in [2.45, 2.75) is 6.42 Å². The number of hydrogen-bond donors (Lipinski definition) is 2. The topological polar surface area (TPSA) is 44.9 Å². The molecule has 0 atom stereocenters. The minimum Gasteiger partial charge on any atom is -0.361 e. The maximum atomic E-state index is 12.4. The summed E-state index contributed by atoms with van der Waals surface area (Å²) >= 11 is 0. The van der Waals surface area contributed by atoms with E-state index in [9.17, 15) is 4.79 Å². The van der Waals surface area contributed by atoms with E-state index >= 15 is 0 Å². The van der Waals surface area contributed by atoms with Crippen LogP contribution in [0.5, 0.6) is 0 Å². The highest BCUT2D eigenvalue weighted by Crippen LogP contribution is 2.22. The largest absolute Gasteiger partial charge is 0.361 e. The molecule has 0 bridgehead atoms. The first-order valence-corrected chi connectivity index (χ1v) is 7.63. The average Bonchev–Trinajstić information content (AvgIpc) is 3.04. The van der Waals surface area contributed by atoms with E-state index in [1.165, 1.54) is 5.39 Å². The molecule has 0 unspecified atom stereocenters. The van der Waals surface area contributed by atoms with Crippen LogP contribution in [0.1, 0.15) is 5.56 Å². The lowest BCUT2D eigenvalue weighted by molar-refractivity contribution is -0.115. The van der Waals surface area contributed by atoms with E-state index in [1.54, 1.807) is 0 Å². The zero-order chi connectivity index (χ0) is 15.6. The number of H-pyrrole nitrogens is 1. The van der Waals surface area contributed by atoms with Gasteiger partial charge in [0.15, 0.2) is 0 Å². The van der Waals surface area contributed by atoms with Crippen molar-refractivity contribution in [3.8, 4) is 0 Å². The molecule has 0 saturated heterocycles. The Hall–Kier alpha value is -3.07. The van der Waals surface area contributed by atoms with Crippen molar-refractivity contribution in [1.82, 2.24) is 4.98 Å². The molecule has 0 fully saturated rings. The lowest BCUT2D eigenvalue weighted by Crippen LogP contribution is -2.14. The molecule has 4 rings (SSSR count). The maximum absolute atomic E-state index is 12.4. The van der Waals surface area contributed by atoms with Gasteiger partial charge in [-0.25, -0.2) is 0 Å². The highest BCUT2D eigenvalue weighted by molar-refractivity contribution is 6.02. The van der Waals surface area contributed by atoms with Gasteiger partial charge in [-0.15, -0.1) is 0 Å². The third-order valence-corrected chi connectivity index (χ3v) is 4.05. The van der Waals surface area contributed by atoms with Crippen LogP contribution in [0.25, 0.3) is 21.7 Å². The SMILES string of the molecule is O=C(Cc1ccc2ccccc2c1)Nc1cccc2[nH]ccc12. The van der Waals surface area contributed by atoms with Crippen molar-refractivity contribution in [2.24, 2.45) is 0 Å². The number of hydrogen-bond acceptors (Lipinski definition) is 1. The molecule has 0 saturated carbocycles. The molecule has 0 spiro atoms. The Balaban J connectivity index is 1.56. The van der Waals surface area contributed by atoms with E-state index in [-0.39, 0.29) is 5.91 Å². The van der Waals surface area contributed by atoms with E-state index in [0.717, 1.165) is 27.5 Å². The van der Waals surface area contributed by atoms with Gasteiger partial charge in [0.1, 0.15) is 0 Å². The number of fused-ring (bicyclic) bond motifs is 2. The molecule has 3 aromatic carbocycles. The van der Waals surface area contributed by atoms with Gasteiger partial charge in [-0.1, -0.05) is 48.5 Å². The number of amides is 1. The van der Waals surface area contributed by atoms with Crippen LogP contribution in [0.2, 0.25) is 0 Å². The number of benzene rings is 3. The fourth-order valence-corrected chi connectivity index (χ4v) is 2.92. The Morgan fingerprint density at radius 1 is 0.913 bits per heavy atom. The van der Waals surface area contributed by atoms with Gasteiger partial charge >= 0.3 is 0 Å². The van der Waals surface area contributed by atoms with Crippen LogP contribution in [-0.2, 0) is 11.2 Å². The molecule has 112 valence electrons. The maximum Gasteiger partial charge on any atom is 0.228 e. The number of nitrogens with one attached hydrogen (secondary N) is 2. The molecule has 1 heterocycles. The fraction of sp³-hybridized carbons (Fsp3) is 0.0500. The molecule has 2 N–H and O–H groups in total. The molecule has 0 aliphatic rings. The fourth-order valence-electron chi connectivity index (χ4n) is 2.92. The van der Waals surface area contributed by atoms with Crippen molar-refractivity contribution < 1.29 is 4.79 Å². The minimum absolute atomic E-state index is 0.00557.